The Bertz CT molecular complexity index is 718. The van der Waals surface area contributed by atoms with E-state index in [1.54, 1.807) is 18.2 Å². The number of nitrogens with one attached hydrogen (secondary N) is 3. The number of sulfonamides is 1. The fourth-order valence-corrected chi connectivity index (χ4v) is 4.79. The van der Waals surface area contributed by atoms with Gasteiger partial charge in [-0.2, -0.15) is 0 Å². The third kappa shape index (κ3) is 3.51. The first kappa shape index (κ1) is 16.7. The van der Waals surface area contributed by atoms with Crippen molar-refractivity contribution < 1.29 is 8.42 Å². The summed E-state index contributed by atoms with van der Waals surface area (Å²) >= 11 is 5.43. The van der Waals surface area contributed by atoms with E-state index in [2.05, 4.69) is 15.4 Å². The standard InChI is InChI=1S/C16H23N3O2S2/c1-10-3-6-13(23(20,21)17-2)9-14(10)18-16(22)19-15-8-11-4-5-12(15)7-11/h3,6,9,11-12,15,17H,4-5,7-8H2,1-2H3,(H2,18,19,22)/t11-,12-,15-/m0/s1. The molecule has 1 aromatic rings. The van der Waals surface area contributed by atoms with Crippen molar-refractivity contribution in [2.75, 3.05) is 12.4 Å². The van der Waals surface area contributed by atoms with Gasteiger partial charge in [-0.25, -0.2) is 13.1 Å². The molecule has 0 aliphatic heterocycles. The molecule has 3 atom stereocenters. The first-order valence-corrected chi connectivity index (χ1v) is 9.90. The molecule has 23 heavy (non-hydrogen) atoms. The van der Waals surface area contributed by atoms with Gasteiger partial charge in [-0.05, 0) is 75.0 Å². The summed E-state index contributed by atoms with van der Waals surface area (Å²) in [5, 5.41) is 7.15. The van der Waals surface area contributed by atoms with Gasteiger partial charge in [0.1, 0.15) is 0 Å². The minimum absolute atomic E-state index is 0.232. The molecule has 0 spiro atoms. The minimum Gasteiger partial charge on any atom is -0.359 e. The Morgan fingerprint density at radius 3 is 2.65 bits per heavy atom. The highest BCUT2D eigenvalue weighted by molar-refractivity contribution is 7.89. The molecule has 3 rings (SSSR count). The molecule has 0 aromatic heterocycles. The quantitative estimate of drug-likeness (QED) is 0.725. The summed E-state index contributed by atoms with van der Waals surface area (Å²) in [5.74, 6) is 1.59. The minimum atomic E-state index is -3.46. The first-order chi connectivity index (χ1) is 10.9. The molecule has 0 heterocycles. The van der Waals surface area contributed by atoms with Crippen molar-refractivity contribution in [3.05, 3.63) is 23.8 Å². The zero-order valence-corrected chi connectivity index (χ0v) is 15.1. The second kappa shape index (κ2) is 6.37. The molecule has 1 aromatic carbocycles. The van der Waals surface area contributed by atoms with Crippen molar-refractivity contribution in [2.24, 2.45) is 11.8 Å². The molecule has 5 nitrogen and oxygen atoms in total. The van der Waals surface area contributed by atoms with Crippen molar-refractivity contribution in [3.8, 4) is 0 Å². The van der Waals surface area contributed by atoms with E-state index in [9.17, 15) is 8.42 Å². The van der Waals surface area contributed by atoms with Crippen LogP contribution >= 0.6 is 12.2 Å². The average Bonchev–Trinajstić information content (AvgIpc) is 3.12. The van der Waals surface area contributed by atoms with E-state index in [4.69, 9.17) is 12.2 Å². The van der Waals surface area contributed by atoms with Gasteiger partial charge < -0.3 is 10.6 Å². The molecule has 3 N–H and O–H groups in total. The third-order valence-electron chi connectivity index (χ3n) is 5.09. The lowest BCUT2D eigenvalue weighted by atomic mass is 9.95. The number of aryl methyl sites for hydroxylation is 1. The van der Waals surface area contributed by atoms with Crippen molar-refractivity contribution in [2.45, 2.75) is 43.5 Å². The van der Waals surface area contributed by atoms with E-state index in [0.717, 1.165) is 23.1 Å². The second-order valence-corrected chi connectivity index (χ2v) is 8.86. The summed E-state index contributed by atoms with van der Waals surface area (Å²) in [7, 11) is -2.05. The molecule has 2 saturated carbocycles. The van der Waals surface area contributed by atoms with Crippen molar-refractivity contribution in [1.29, 1.82) is 0 Å². The molecule has 126 valence electrons. The fraction of sp³-hybridized carbons (Fsp3) is 0.562. The zero-order chi connectivity index (χ0) is 16.6. The third-order valence-corrected chi connectivity index (χ3v) is 6.72. The van der Waals surface area contributed by atoms with Gasteiger partial charge in [-0.15, -0.1) is 0 Å². The maximum atomic E-state index is 11.9. The fourth-order valence-electron chi connectivity index (χ4n) is 3.77. The molecule has 7 heteroatoms. The topological polar surface area (TPSA) is 70.2 Å². The summed E-state index contributed by atoms with van der Waals surface area (Å²) in [4.78, 5) is 0.232. The Labute approximate surface area is 143 Å². The Morgan fingerprint density at radius 1 is 1.26 bits per heavy atom. The van der Waals surface area contributed by atoms with Crippen molar-refractivity contribution >= 4 is 33.0 Å². The van der Waals surface area contributed by atoms with Crippen molar-refractivity contribution in [1.82, 2.24) is 10.0 Å². The van der Waals surface area contributed by atoms with Crippen LogP contribution in [0, 0.1) is 18.8 Å². The zero-order valence-electron chi connectivity index (χ0n) is 13.4. The van der Waals surface area contributed by atoms with Crippen LogP contribution in [0.5, 0.6) is 0 Å². The van der Waals surface area contributed by atoms with Crippen LogP contribution in [0.3, 0.4) is 0 Å². The van der Waals surface area contributed by atoms with Crippen LogP contribution < -0.4 is 15.4 Å². The molecule has 2 aliphatic rings. The molecule has 0 amide bonds. The Morgan fingerprint density at radius 2 is 2.04 bits per heavy atom. The molecule has 2 fully saturated rings. The Balaban J connectivity index is 1.69. The Kier molecular flexibility index (Phi) is 4.62. The SMILES string of the molecule is CNS(=O)(=O)c1ccc(C)c(NC(=S)N[C@H]2C[C@H]3CC[C@H]2C3)c1. The van der Waals surface area contributed by atoms with E-state index in [1.165, 1.54) is 32.7 Å². The van der Waals surface area contributed by atoms with Crippen LogP contribution in [-0.4, -0.2) is 26.6 Å². The largest absolute Gasteiger partial charge is 0.359 e. The number of benzene rings is 1. The van der Waals surface area contributed by atoms with Crippen LogP contribution in [0.4, 0.5) is 5.69 Å². The van der Waals surface area contributed by atoms with Crippen LogP contribution in [0.15, 0.2) is 23.1 Å². The second-order valence-electron chi connectivity index (χ2n) is 6.56. The lowest BCUT2D eigenvalue weighted by molar-refractivity contribution is 0.392. The summed E-state index contributed by atoms with van der Waals surface area (Å²) in [6.07, 6.45) is 5.15. The summed E-state index contributed by atoms with van der Waals surface area (Å²) in [6, 6.07) is 5.46. The average molecular weight is 354 g/mol. The van der Waals surface area contributed by atoms with E-state index >= 15 is 0 Å². The van der Waals surface area contributed by atoms with Gasteiger partial charge >= 0.3 is 0 Å². The predicted molar refractivity (Wildman–Crippen MR) is 96.0 cm³/mol. The van der Waals surface area contributed by atoms with Gasteiger partial charge in [0.25, 0.3) is 0 Å². The summed E-state index contributed by atoms with van der Waals surface area (Å²) < 4.78 is 26.2. The van der Waals surface area contributed by atoms with Gasteiger partial charge in [0.15, 0.2) is 5.11 Å². The van der Waals surface area contributed by atoms with Crippen LogP contribution in [0.1, 0.15) is 31.2 Å². The number of rotatable bonds is 4. The number of hydrogen-bond donors (Lipinski definition) is 3. The maximum absolute atomic E-state index is 11.9. The summed E-state index contributed by atoms with van der Waals surface area (Å²) in [5.41, 5.74) is 1.68. The number of anilines is 1. The van der Waals surface area contributed by atoms with Gasteiger partial charge in [0.05, 0.1) is 4.90 Å². The van der Waals surface area contributed by atoms with Crippen LogP contribution in [0.25, 0.3) is 0 Å². The van der Waals surface area contributed by atoms with Crippen LogP contribution in [-0.2, 0) is 10.0 Å². The lowest BCUT2D eigenvalue weighted by Gasteiger charge is -2.25. The van der Waals surface area contributed by atoms with E-state index < -0.39 is 10.0 Å². The highest BCUT2D eigenvalue weighted by Gasteiger charge is 2.39. The summed E-state index contributed by atoms with van der Waals surface area (Å²) in [6.45, 7) is 1.93. The number of thiocarbonyl (C=S) groups is 1. The molecule has 2 aliphatic carbocycles. The monoisotopic (exact) mass is 353 g/mol. The maximum Gasteiger partial charge on any atom is 0.240 e. The van der Waals surface area contributed by atoms with Gasteiger partial charge in [-0.3, -0.25) is 0 Å². The molecular weight excluding hydrogens is 330 g/mol. The normalized spacial score (nSPS) is 26.3. The highest BCUT2D eigenvalue weighted by Crippen LogP contribution is 2.44. The molecular formula is C16H23N3O2S2. The van der Waals surface area contributed by atoms with E-state index in [1.807, 2.05) is 6.92 Å². The smallest absolute Gasteiger partial charge is 0.240 e. The lowest BCUT2D eigenvalue weighted by Crippen LogP contribution is -2.40. The number of hydrogen-bond acceptors (Lipinski definition) is 3. The molecule has 0 unspecified atom stereocenters. The van der Waals surface area contributed by atoms with E-state index in [-0.39, 0.29) is 4.90 Å². The molecule has 2 bridgehead atoms. The van der Waals surface area contributed by atoms with Crippen molar-refractivity contribution in [3.63, 3.8) is 0 Å². The highest BCUT2D eigenvalue weighted by atomic mass is 32.2. The first-order valence-electron chi connectivity index (χ1n) is 8.01. The van der Waals surface area contributed by atoms with Gasteiger partial charge in [0.2, 0.25) is 10.0 Å². The van der Waals surface area contributed by atoms with Gasteiger partial charge in [0, 0.05) is 11.7 Å². The Hall–Kier alpha value is -1.18. The molecule has 0 radical (unpaired) electrons. The number of fused-ring (bicyclic) bond motifs is 2. The van der Waals surface area contributed by atoms with Gasteiger partial charge in [-0.1, -0.05) is 12.5 Å². The van der Waals surface area contributed by atoms with Crippen LogP contribution in [0.2, 0.25) is 0 Å². The molecule has 0 saturated heterocycles. The van der Waals surface area contributed by atoms with E-state index in [0.29, 0.717) is 11.2 Å². The predicted octanol–water partition coefficient (Wildman–Crippen LogP) is 2.38.